The number of morpholine rings is 1. The van der Waals surface area contributed by atoms with Gasteiger partial charge in [-0.1, -0.05) is 0 Å². The summed E-state index contributed by atoms with van der Waals surface area (Å²) in [5, 5.41) is 7.86. The van der Waals surface area contributed by atoms with Crippen molar-refractivity contribution in [3.8, 4) is 17.2 Å². The summed E-state index contributed by atoms with van der Waals surface area (Å²) in [5.74, 6) is 1.92. The summed E-state index contributed by atoms with van der Waals surface area (Å²) in [4.78, 5) is 1.59. The molecule has 9 heteroatoms. The van der Waals surface area contributed by atoms with Gasteiger partial charge in [0, 0.05) is 18.5 Å². The van der Waals surface area contributed by atoms with Crippen molar-refractivity contribution in [1.82, 2.24) is 10.7 Å². The topological polar surface area (TPSA) is 77.8 Å². The second-order valence-corrected chi connectivity index (χ2v) is 6.75. The van der Waals surface area contributed by atoms with E-state index >= 15 is 0 Å². The minimum atomic E-state index is 0.507. The Balaban J connectivity index is 1.41. The highest BCUT2D eigenvalue weighted by Gasteiger charge is 2.18. The minimum Gasteiger partial charge on any atom is -0.493 e. The summed E-state index contributed by atoms with van der Waals surface area (Å²) in [6.45, 7) is 6.89. The fourth-order valence-electron chi connectivity index (χ4n) is 3.02. The van der Waals surface area contributed by atoms with Crippen LogP contribution in [0.5, 0.6) is 17.2 Å². The summed E-state index contributed by atoms with van der Waals surface area (Å²) >= 11 is 5.25. The predicted molar refractivity (Wildman–Crippen MR) is 106 cm³/mol. The van der Waals surface area contributed by atoms with Crippen LogP contribution >= 0.6 is 12.2 Å². The van der Waals surface area contributed by atoms with Crippen LogP contribution in [0.4, 0.5) is 0 Å². The zero-order valence-corrected chi connectivity index (χ0v) is 16.4. The van der Waals surface area contributed by atoms with Gasteiger partial charge in [-0.3, -0.25) is 5.43 Å². The molecule has 2 heterocycles. The lowest BCUT2D eigenvalue weighted by atomic mass is 10.2. The Morgan fingerprint density at radius 1 is 1.26 bits per heavy atom. The van der Waals surface area contributed by atoms with Crippen molar-refractivity contribution in [1.29, 1.82) is 0 Å². The standard InChI is InChI=1S/C18H26N4O4S/c1-23-15-11-14(12-16-17(15)26-10-9-25-16)13-20-21-18(27)19-3-2-4-22-5-7-24-8-6-22/h11-13H,2-10H2,1H3,(H2,19,21,27)/p+1/b20-13-. The van der Waals surface area contributed by atoms with E-state index in [1.807, 2.05) is 12.1 Å². The molecule has 2 aliphatic heterocycles. The van der Waals surface area contributed by atoms with E-state index in [4.69, 9.17) is 31.2 Å². The van der Waals surface area contributed by atoms with E-state index in [0.717, 1.165) is 51.4 Å². The highest BCUT2D eigenvalue weighted by atomic mass is 32.1. The molecule has 0 aliphatic carbocycles. The van der Waals surface area contributed by atoms with E-state index in [1.54, 1.807) is 18.2 Å². The summed E-state index contributed by atoms with van der Waals surface area (Å²) in [5.41, 5.74) is 3.67. The number of rotatable bonds is 7. The van der Waals surface area contributed by atoms with Crippen LogP contribution in [0.2, 0.25) is 0 Å². The maximum absolute atomic E-state index is 5.61. The second kappa shape index (κ2) is 10.3. The van der Waals surface area contributed by atoms with Crippen LogP contribution in [-0.2, 0) is 4.74 Å². The van der Waals surface area contributed by atoms with E-state index in [2.05, 4.69) is 15.8 Å². The molecule has 0 saturated carbocycles. The van der Waals surface area contributed by atoms with Crippen molar-refractivity contribution in [2.24, 2.45) is 5.10 Å². The average Bonchev–Trinajstić information content (AvgIpc) is 2.71. The highest BCUT2D eigenvalue weighted by Crippen LogP contribution is 2.39. The first-order valence-electron chi connectivity index (χ1n) is 9.22. The largest absolute Gasteiger partial charge is 0.493 e. The van der Waals surface area contributed by atoms with Crippen molar-refractivity contribution < 1.29 is 23.8 Å². The molecule has 1 aromatic carbocycles. The Labute approximate surface area is 164 Å². The molecule has 148 valence electrons. The Morgan fingerprint density at radius 2 is 2.07 bits per heavy atom. The summed E-state index contributed by atoms with van der Waals surface area (Å²) in [6.07, 6.45) is 2.73. The molecule has 27 heavy (non-hydrogen) atoms. The molecule has 3 N–H and O–H groups in total. The van der Waals surface area contributed by atoms with Gasteiger partial charge in [0.2, 0.25) is 5.75 Å². The van der Waals surface area contributed by atoms with Gasteiger partial charge in [-0.2, -0.15) is 5.10 Å². The van der Waals surface area contributed by atoms with Crippen molar-refractivity contribution in [2.45, 2.75) is 6.42 Å². The number of thiocarbonyl (C=S) groups is 1. The normalized spacial score (nSPS) is 16.9. The first-order chi connectivity index (χ1) is 13.3. The maximum atomic E-state index is 5.61. The summed E-state index contributed by atoms with van der Waals surface area (Å²) < 4.78 is 21.9. The molecule has 3 rings (SSSR count). The third-order valence-corrected chi connectivity index (χ3v) is 4.66. The predicted octanol–water partition coefficient (Wildman–Crippen LogP) is -0.430. The molecular formula is C18H27N4O4S+. The van der Waals surface area contributed by atoms with Gasteiger partial charge >= 0.3 is 0 Å². The molecule has 0 aromatic heterocycles. The van der Waals surface area contributed by atoms with Crippen molar-refractivity contribution in [2.75, 3.05) is 59.7 Å². The van der Waals surface area contributed by atoms with Crippen LogP contribution in [0.25, 0.3) is 0 Å². The smallest absolute Gasteiger partial charge is 0.203 e. The highest BCUT2D eigenvalue weighted by molar-refractivity contribution is 7.80. The van der Waals surface area contributed by atoms with Gasteiger partial charge in [0.05, 0.1) is 33.1 Å². The van der Waals surface area contributed by atoms with Crippen LogP contribution in [0.1, 0.15) is 12.0 Å². The van der Waals surface area contributed by atoms with Gasteiger partial charge < -0.3 is 29.2 Å². The molecule has 0 unspecified atom stereocenters. The number of hydrazone groups is 1. The number of nitrogens with one attached hydrogen (secondary N) is 3. The SMILES string of the molecule is COc1cc(/C=N\NC(=S)NCCC[NH+]2CCOCC2)cc2c1OCCO2. The molecular weight excluding hydrogens is 368 g/mol. The number of hydrogen-bond donors (Lipinski definition) is 3. The number of fused-ring (bicyclic) bond motifs is 1. The Morgan fingerprint density at radius 3 is 2.89 bits per heavy atom. The van der Waals surface area contributed by atoms with E-state index in [9.17, 15) is 0 Å². The van der Waals surface area contributed by atoms with Gasteiger partial charge in [0.25, 0.3) is 0 Å². The summed E-state index contributed by atoms with van der Waals surface area (Å²) in [7, 11) is 1.60. The van der Waals surface area contributed by atoms with Crippen LogP contribution < -0.4 is 29.9 Å². The number of benzene rings is 1. The van der Waals surface area contributed by atoms with Crippen LogP contribution in [0.15, 0.2) is 17.2 Å². The Bertz CT molecular complexity index is 648. The number of ether oxygens (including phenoxy) is 4. The van der Waals surface area contributed by atoms with Crippen LogP contribution in [0, 0.1) is 0 Å². The zero-order valence-electron chi connectivity index (χ0n) is 15.6. The average molecular weight is 396 g/mol. The zero-order chi connectivity index (χ0) is 18.9. The van der Waals surface area contributed by atoms with Crippen molar-refractivity contribution in [3.63, 3.8) is 0 Å². The number of nitrogens with zero attached hydrogens (tertiary/aromatic N) is 1. The number of methoxy groups -OCH3 is 1. The van der Waals surface area contributed by atoms with E-state index < -0.39 is 0 Å². The molecule has 0 atom stereocenters. The van der Waals surface area contributed by atoms with Gasteiger partial charge in [0.15, 0.2) is 16.6 Å². The van der Waals surface area contributed by atoms with Gasteiger partial charge in [-0.05, 0) is 24.4 Å². The molecule has 0 spiro atoms. The number of quaternary nitrogens is 1. The minimum absolute atomic E-state index is 0.507. The molecule has 8 nitrogen and oxygen atoms in total. The van der Waals surface area contributed by atoms with Crippen LogP contribution in [-0.4, -0.2) is 71.0 Å². The van der Waals surface area contributed by atoms with Crippen molar-refractivity contribution in [3.05, 3.63) is 17.7 Å². The monoisotopic (exact) mass is 395 g/mol. The fourth-order valence-corrected chi connectivity index (χ4v) is 3.18. The molecule has 0 bridgehead atoms. The molecule has 1 saturated heterocycles. The Hall–Kier alpha value is -2.10. The third-order valence-electron chi connectivity index (χ3n) is 4.42. The third kappa shape index (κ3) is 5.95. The van der Waals surface area contributed by atoms with Crippen LogP contribution in [0.3, 0.4) is 0 Å². The summed E-state index contributed by atoms with van der Waals surface area (Å²) in [6, 6.07) is 3.71. The lowest BCUT2D eigenvalue weighted by Gasteiger charge is -2.23. The first kappa shape index (κ1) is 19.7. The molecule has 0 amide bonds. The van der Waals surface area contributed by atoms with E-state index in [1.165, 1.54) is 0 Å². The van der Waals surface area contributed by atoms with E-state index in [0.29, 0.717) is 35.6 Å². The molecule has 1 fully saturated rings. The van der Waals surface area contributed by atoms with Gasteiger partial charge in [-0.25, -0.2) is 0 Å². The fraction of sp³-hybridized carbons (Fsp3) is 0.556. The van der Waals surface area contributed by atoms with Gasteiger partial charge in [-0.15, -0.1) is 0 Å². The molecule has 2 aliphatic rings. The van der Waals surface area contributed by atoms with E-state index in [-0.39, 0.29) is 0 Å². The lowest BCUT2D eigenvalue weighted by Crippen LogP contribution is -3.14. The number of hydrogen-bond acceptors (Lipinski definition) is 6. The second-order valence-electron chi connectivity index (χ2n) is 6.34. The maximum Gasteiger partial charge on any atom is 0.203 e. The first-order valence-corrected chi connectivity index (χ1v) is 9.63. The Kier molecular flexibility index (Phi) is 7.49. The lowest BCUT2D eigenvalue weighted by molar-refractivity contribution is -0.908. The quantitative estimate of drug-likeness (QED) is 0.250. The molecule has 1 aromatic rings. The molecule has 0 radical (unpaired) electrons. The van der Waals surface area contributed by atoms with Crippen molar-refractivity contribution >= 4 is 23.5 Å². The van der Waals surface area contributed by atoms with Gasteiger partial charge in [0.1, 0.15) is 26.3 Å².